The lowest BCUT2D eigenvalue weighted by atomic mass is 9.94. The number of carbonyl (C=O) groups excluding carboxylic acids is 1. The van der Waals surface area contributed by atoms with Crippen molar-refractivity contribution in [3.05, 3.63) is 41.4 Å². The zero-order valence-corrected chi connectivity index (χ0v) is 19.9. The number of nitrogens with one attached hydrogen (secondary N) is 2. The van der Waals surface area contributed by atoms with Gasteiger partial charge in [-0.1, -0.05) is 27.7 Å². The second kappa shape index (κ2) is 9.85. The minimum absolute atomic E-state index is 0.197. The van der Waals surface area contributed by atoms with Crippen molar-refractivity contribution in [2.24, 2.45) is 10.9 Å². The molecular weight excluding hydrogens is 404 g/mol. The van der Waals surface area contributed by atoms with Crippen LogP contribution < -0.4 is 20.1 Å². The van der Waals surface area contributed by atoms with Crippen LogP contribution in [0.25, 0.3) is 5.57 Å². The van der Waals surface area contributed by atoms with E-state index in [-0.39, 0.29) is 11.8 Å². The van der Waals surface area contributed by atoms with Gasteiger partial charge in [-0.2, -0.15) is 0 Å². The number of amides is 1. The molecule has 7 heteroatoms. The molecule has 0 saturated carbocycles. The summed E-state index contributed by atoms with van der Waals surface area (Å²) < 4.78 is 12.1. The van der Waals surface area contributed by atoms with E-state index in [0.29, 0.717) is 45.8 Å². The SMILES string of the molecule is CC=N/C=C(/c1ncc(C(=O)NC)c2c1Oc1cc(C(C)C)cc(OC)c1N2)C(C)CC. The predicted molar refractivity (Wildman–Crippen MR) is 130 cm³/mol. The lowest BCUT2D eigenvalue weighted by Crippen LogP contribution is -2.21. The molecule has 170 valence electrons. The number of rotatable bonds is 7. The number of methoxy groups -OCH3 is 1. The molecule has 1 aliphatic rings. The van der Waals surface area contributed by atoms with Gasteiger partial charge >= 0.3 is 0 Å². The van der Waals surface area contributed by atoms with Gasteiger partial charge in [0.25, 0.3) is 5.91 Å². The van der Waals surface area contributed by atoms with Crippen molar-refractivity contribution in [2.45, 2.75) is 47.0 Å². The van der Waals surface area contributed by atoms with Gasteiger partial charge in [-0.3, -0.25) is 14.8 Å². The Morgan fingerprint density at radius 3 is 2.66 bits per heavy atom. The second-order valence-corrected chi connectivity index (χ2v) is 8.08. The number of hydrogen-bond donors (Lipinski definition) is 2. The maximum atomic E-state index is 12.6. The summed E-state index contributed by atoms with van der Waals surface area (Å²) in [6.07, 6.45) is 6.05. The van der Waals surface area contributed by atoms with Crippen molar-refractivity contribution in [2.75, 3.05) is 19.5 Å². The summed E-state index contributed by atoms with van der Waals surface area (Å²) in [7, 11) is 3.22. The first-order valence-corrected chi connectivity index (χ1v) is 11.0. The average Bonchev–Trinajstić information content (AvgIpc) is 2.81. The second-order valence-electron chi connectivity index (χ2n) is 8.08. The van der Waals surface area contributed by atoms with Crippen LogP contribution in [-0.4, -0.2) is 31.3 Å². The van der Waals surface area contributed by atoms with E-state index in [1.54, 1.807) is 26.6 Å². The highest BCUT2D eigenvalue weighted by atomic mass is 16.5. The van der Waals surface area contributed by atoms with Crippen molar-refractivity contribution < 1.29 is 14.3 Å². The van der Waals surface area contributed by atoms with E-state index in [2.05, 4.69) is 48.3 Å². The number of benzene rings is 1. The number of aliphatic imine (C=N–C) groups is 1. The Morgan fingerprint density at radius 2 is 2.06 bits per heavy atom. The summed E-state index contributed by atoms with van der Waals surface area (Å²) in [4.78, 5) is 21.6. The number of anilines is 2. The molecule has 3 rings (SSSR count). The Balaban J connectivity index is 2.27. The van der Waals surface area contributed by atoms with E-state index in [1.807, 2.05) is 25.3 Å². The molecule has 2 N–H and O–H groups in total. The first kappa shape index (κ1) is 23.3. The average molecular weight is 437 g/mol. The summed E-state index contributed by atoms with van der Waals surface area (Å²) in [6, 6.07) is 4.00. The van der Waals surface area contributed by atoms with Crippen LogP contribution in [0.1, 0.15) is 68.6 Å². The molecule has 1 unspecified atom stereocenters. The topological polar surface area (TPSA) is 84.8 Å². The Hall–Kier alpha value is -3.35. The molecule has 32 heavy (non-hydrogen) atoms. The van der Waals surface area contributed by atoms with Crippen molar-refractivity contribution in [3.8, 4) is 17.2 Å². The first-order valence-electron chi connectivity index (χ1n) is 11.0. The molecule has 1 amide bonds. The molecule has 0 bridgehead atoms. The van der Waals surface area contributed by atoms with Gasteiger partial charge in [0.1, 0.15) is 17.1 Å². The quantitative estimate of drug-likeness (QED) is 0.450. The number of ether oxygens (including phenoxy) is 2. The van der Waals surface area contributed by atoms with Crippen LogP contribution >= 0.6 is 0 Å². The molecule has 7 nitrogen and oxygen atoms in total. The Morgan fingerprint density at radius 1 is 1.31 bits per heavy atom. The van der Waals surface area contributed by atoms with E-state index in [0.717, 1.165) is 17.6 Å². The number of pyridine rings is 1. The Labute approximate surface area is 190 Å². The van der Waals surface area contributed by atoms with Crippen molar-refractivity contribution in [3.63, 3.8) is 0 Å². The molecule has 0 aliphatic carbocycles. The van der Waals surface area contributed by atoms with Gasteiger partial charge in [-0.05, 0) is 42.9 Å². The maximum absolute atomic E-state index is 12.6. The summed E-state index contributed by atoms with van der Waals surface area (Å²) in [5.74, 6) is 2.05. The zero-order chi connectivity index (χ0) is 23.4. The van der Waals surface area contributed by atoms with E-state index in [1.165, 1.54) is 0 Å². The normalized spacial score (nSPS) is 13.8. The van der Waals surface area contributed by atoms with Crippen LogP contribution in [0.4, 0.5) is 11.4 Å². The first-order chi connectivity index (χ1) is 15.4. The predicted octanol–water partition coefficient (Wildman–Crippen LogP) is 5.90. The molecule has 2 heterocycles. The van der Waals surface area contributed by atoms with E-state index < -0.39 is 0 Å². The Bertz CT molecular complexity index is 1070. The number of carbonyl (C=O) groups is 1. The van der Waals surface area contributed by atoms with Crippen molar-refractivity contribution >= 4 is 29.1 Å². The standard InChI is InChI=1S/C25H32N4O3/c1-8-15(5)17(12-27-9-2)21-24-22(18(13-28-21)25(30)26-6)29-23-19(31-7)10-16(14(3)4)11-20(23)32-24/h9-15,29H,8H2,1-7H3,(H,26,30)/b17-12+,27-9?. The fourth-order valence-electron chi connectivity index (χ4n) is 3.57. The van der Waals surface area contributed by atoms with Crippen molar-refractivity contribution in [1.82, 2.24) is 10.3 Å². The van der Waals surface area contributed by atoms with Gasteiger partial charge in [-0.15, -0.1) is 0 Å². The number of allylic oxidation sites excluding steroid dienone is 1. The third-order valence-electron chi connectivity index (χ3n) is 5.72. The molecule has 0 spiro atoms. The molecular formula is C25H32N4O3. The van der Waals surface area contributed by atoms with Crippen LogP contribution in [0.2, 0.25) is 0 Å². The molecule has 0 fully saturated rings. The molecule has 1 aliphatic heterocycles. The van der Waals surface area contributed by atoms with Crippen LogP contribution in [0.15, 0.2) is 29.5 Å². The highest BCUT2D eigenvalue weighted by Crippen LogP contribution is 2.51. The fraction of sp³-hybridized carbons (Fsp3) is 0.400. The van der Waals surface area contributed by atoms with Gasteiger partial charge < -0.3 is 20.1 Å². The number of aromatic nitrogens is 1. The minimum Gasteiger partial charge on any atom is -0.494 e. The highest BCUT2D eigenvalue weighted by Gasteiger charge is 2.30. The van der Waals surface area contributed by atoms with Gasteiger partial charge in [0.05, 0.1) is 18.4 Å². The van der Waals surface area contributed by atoms with Crippen LogP contribution in [0.3, 0.4) is 0 Å². The largest absolute Gasteiger partial charge is 0.494 e. The Kier molecular flexibility index (Phi) is 7.18. The van der Waals surface area contributed by atoms with E-state index >= 15 is 0 Å². The van der Waals surface area contributed by atoms with E-state index in [4.69, 9.17) is 9.47 Å². The lowest BCUT2D eigenvalue weighted by Gasteiger charge is -2.28. The molecule has 1 atom stereocenters. The van der Waals surface area contributed by atoms with Gasteiger partial charge in [0.15, 0.2) is 11.5 Å². The lowest BCUT2D eigenvalue weighted by molar-refractivity contribution is 0.0963. The monoisotopic (exact) mass is 436 g/mol. The highest BCUT2D eigenvalue weighted by molar-refractivity contribution is 6.03. The van der Waals surface area contributed by atoms with Gasteiger partial charge in [0.2, 0.25) is 0 Å². The van der Waals surface area contributed by atoms with Gasteiger partial charge in [-0.25, -0.2) is 0 Å². The third kappa shape index (κ3) is 4.33. The van der Waals surface area contributed by atoms with E-state index in [9.17, 15) is 4.79 Å². The molecule has 0 saturated heterocycles. The minimum atomic E-state index is -0.252. The summed E-state index contributed by atoms with van der Waals surface area (Å²) in [5, 5.41) is 6.08. The summed E-state index contributed by atoms with van der Waals surface area (Å²) in [5.41, 5.74) is 4.35. The van der Waals surface area contributed by atoms with Gasteiger partial charge in [0, 0.05) is 31.2 Å². The number of hydrogen-bond acceptors (Lipinski definition) is 6. The van der Waals surface area contributed by atoms with Crippen LogP contribution in [-0.2, 0) is 0 Å². The van der Waals surface area contributed by atoms with Crippen molar-refractivity contribution in [1.29, 1.82) is 0 Å². The summed E-state index contributed by atoms with van der Waals surface area (Å²) >= 11 is 0. The molecule has 1 aromatic heterocycles. The molecule has 2 aromatic rings. The molecule has 0 radical (unpaired) electrons. The zero-order valence-electron chi connectivity index (χ0n) is 19.9. The maximum Gasteiger partial charge on any atom is 0.254 e. The van der Waals surface area contributed by atoms with Crippen LogP contribution in [0, 0.1) is 5.92 Å². The number of fused-ring (bicyclic) bond motifs is 2. The smallest absolute Gasteiger partial charge is 0.254 e. The third-order valence-corrected chi connectivity index (χ3v) is 5.72. The number of nitrogens with zero attached hydrogens (tertiary/aromatic N) is 2. The summed E-state index contributed by atoms with van der Waals surface area (Å²) in [6.45, 7) is 10.4. The molecule has 1 aromatic carbocycles. The van der Waals surface area contributed by atoms with Crippen LogP contribution in [0.5, 0.6) is 17.2 Å². The fourth-order valence-corrected chi connectivity index (χ4v) is 3.57.